The van der Waals surface area contributed by atoms with E-state index in [9.17, 15) is 4.39 Å². The maximum atomic E-state index is 13.1. The van der Waals surface area contributed by atoms with Crippen molar-refractivity contribution in [1.29, 1.82) is 0 Å². The number of benzene rings is 1. The van der Waals surface area contributed by atoms with Gasteiger partial charge in [-0.25, -0.2) is 4.39 Å². The van der Waals surface area contributed by atoms with Crippen molar-refractivity contribution < 1.29 is 4.39 Å². The molecule has 1 aromatic rings. The Morgan fingerprint density at radius 2 is 2.33 bits per heavy atom. The van der Waals surface area contributed by atoms with Gasteiger partial charge in [-0.3, -0.25) is 0 Å². The minimum absolute atomic E-state index is 0.112. The molecule has 80 valence electrons. The third kappa shape index (κ3) is 1.51. The van der Waals surface area contributed by atoms with Crippen LogP contribution in [0, 0.1) is 5.82 Å². The average Bonchev–Trinajstić information content (AvgIpc) is 2.42. The van der Waals surface area contributed by atoms with Gasteiger partial charge in [0, 0.05) is 24.8 Å². The SMILES string of the molecule is Fc1ccc2c(c1)CC1CNCCCN21. The minimum Gasteiger partial charge on any atom is -0.367 e. The summed E-state index contributed by atoms with van der Waals surface area (Å²) >= 11 is 0. The van der Waals surface area contributed by atoms with Gasteiger partial charge in [-0.05, 0) is 43.1 Å². The quantitative estimate of drug-likeness (QED) is 0.693. The van der Waals surface area contributed by atoms with Gasteiger partial charge >= 0.3 is 0 Å². The monoisotopic (exact) mass is 206 g/mol. The molecule has 0 radical (unpaired) electrons. The first-order valence-electron chi connectivity index (χ1n) is 5.60. The fourth-order valence-electron chi connectivity index (χ4n) is 2.69. The van der Waals surface area contributed by atoms with Crippen molar-refractivity contribution >= 4 is 5.69 Å². The van der Waals surface area contributed by atoms with Crippen LogP contribution in [0.5, 0.6) is 0 Å². The van der Waals surface area contributed by atoms with E-state index in [2.05, 4.69) is 10.2 Å². The van der Waals surface area contributed by atoms with Crippen LogP contribution in [0.4, 0.5) is 10.1 Å². The van der Waals surface area contributed by atoms with Gasteiger partial charge < -0.3 is 10.2 Å². The summed E-state index contributed by atoms with van der Waals surface area (Å²) in [6, 6.07) is 5.71. The maximum Gasteiger partial charge on any atom is 0.123 e. The van der Waals surface area contributed by atoms with E-state index < -0.39 is 0 Å². The summed E-state index contributed by atoms with van der Waals surface area (Å²) in [4.78, 5) is 2.43. The molecule has 1 saturated heterocycles. The van der Waals surface area contributed by atoms with E-state index in [1.165, 1.54) is 17.7 Å². The van der Waals surface area contributed by atoms with Gasteiger partial charge in [0.2, 0.25) is 0 Å². The third-order valence-corrected chi connectivity index (χ3v) is 3.38. The van der Waals surface area contributed by atoms with E-state index >= 15 is 0 Å². The molecule has 2 nitrogen and oxygen atoms in total. The van der Waals surface area contributed by atoms with Crippen LogP contribution in [-0.4, -0.2) is 25.7 Å². The summed E-state index contributed by atoms with van der Waals surface area (Å²) in [6.45, 7) is 3.22. The molecule has 1 unspecified atom stereocenters. The van der Waals surface area contributed by atoms with Crippen molar-refractivity contribution in [2.75, 3.05) is 24.5 Å². The van der Waals surface area contributed by atoms with Gasteiger partial charge in [0.05, 0.1) is 0 Å². The van der Waals surface area contributed by atoms with Gasteiger partial charge in [-0.15, -0.1) is 0 Å². The highest BCUT2D eigenvalue weighted by molar-refractivity contribution is 5.59. The van der Waals surface area contributed by atoms with Crippen molar-refractivity contribution in [2.45, 2.75) is 18.9 Å². The number of halogens is 1. The number of hydrogen-bond acceptors (Lipinski definition) is 2. The minimum atomic E-state index is -0.112. The molecule has 0 aromatic heterocycles. The lowest BCUT2D eigenvalue weighted by Crippen LogP contribution is -2.36. The standard InChI is InChI=1S/C12H15FN2/c13-10-2-3-12-9(6-10)7-11-8-14-4-1-5-15(11)12/h2-3,6,11,14H,1,4-5,7-8H2. The first-order chi connectivity index (χ1) is 7.34. The van der Waals surface area contributed by atoms with E-state index in [1.54, 1.807) is 12.1 Å². The molecule has 2 aliphatic heterocycles. The van der Waals surface area contributed by atoms with Crippen molar-refractivity contribution in [3.8, 4) is 0 Å². The van der Waals surface area contributed by atoms with E-state index in [1.807, 2.05) is 6.07 Å². The topological polar surface area (TPSA) is 15.3 Å². The zero-order chi connectivity index (χ0) is 10.3. The molecule has 0 saturated carbocycles. The Hall–Kier alpha value is -1.09. The zero-order valence-corrected chi connectivity index (χ0v) is 8.67. The zero-order valence-electron chi connectivity index (χ0n) is 8.67. The summed E-state index contributed by atoms with van der Waals surface area (Å²) < 4.78 is 13.1. The Morgan fingerprint density at radius 3 is 3.27 bits per heavy atom. The molecule has 2 heterocycles. The number of rotatable bonds is 0. The second-order valence-electron chi connectivity index (χ2n) is 4.38. The van der Waals surface area contributed by atoms with Crippen LogP contribution in [0.3, 0.4) is 0 Å². The second kappa shape index (κ2) is 3.49. The molecule has 15 heavy (non-hydrogen) atoms. The molecule has 0 aliphatic carbocycles. The number of nitrogens with one attached hydrogen (secondary N) is 1. The lowest BCUT2D eigenvalue weighted by Gasteiger charge is -2.24. The summed E-state index contributed by atoms with van der Waals surface area (Å²) in [5, 5.41) is 3.43. The fourth-order valence-corrected chi connectivity index (χ4v) is 2.69. The first-order valence-corrected chi connectivity index (χ1v) is 5.60. The smallest absolute Gasteiger partial charge is 0.123 e. The number of fused-ring (bicyclic) bond motifs is 3. The summed E-state index contributed by atoms with van der Waals surface area (Å²) in [7, 11) is 0. The van der Waals surface area contributed by atoms with Crippen LogP contribution in [0.2, 0.25) is 0 Å². The van der Waals surface area contributed by atoms with E-state index in [0.29, 0.717) is 6.04 Å². The van der Waals surface area contributed by atoms with Gasteiger partial charge in [-0.1, -0.05) is 0 Å². The van der Waals surface area contributed by atoms with Gasteiger partial charge in [-0.2, -0.15) is 0 Å². The van der Waals surface area contributed by atoms with Crippen LogP contribution in [0.25, 0.3) is 0 Å². The number of hydrogen-bond donors (Lipinski definition) is 1. The predicted octanol–water partition coefficient (Wildman–Crippen LogP) is 1.55. The molecule has 1 N–H and O–H groups in total. The Balaban J connectivity index is 1.97. The molecule has 2 aliphatic rings. The molecule has 3 heteroatoms. The normalized spacial score (nSPS) is 24.6. The van der Waals surface area contributed by atoms with E-state index in [-0.39, 0.29) is 5.82 Å². The van der Waals surface area contributed by atoms with Crippen LogP contribution >= 0.6 is 0 Å². The summed E-state index contributed by atoms with van der Waals surface area (Å²) in [5.41, 5.74) is 2.41. The van der Waals surface area contributed by atoms with Gasteiger partial charge in [0.1, 0.15) is 5.82 Å². The summed E-state index contributed by atoms with van der Waals surface area (Å²) in [6.07, 6.45) is 2.16. The molecule has 0 bridgehead atoms. The molecule has 1 atom stereocenters. The Kier molecular flexibility index (Phi) is 2.13. The lowest BCUT2D eigenvalue weighted by molar-refractivity contribution is 0.609. The molecule has 1 aromatic carbocycles. The van der Waals surface area contributed by atoms with Crippen molar-refractivity contribution in [2.24, 2.45) is 0 Å². The van der Waals surface area contributed by atoms with Crippen LogP contribution < -0.4 is 10.2 Å². The van der Waals surface area contributed by atoms with Crippen LogP contribution in [0.15, 0.2) is 18.2 Å². The molecular weight excluding hydrogens is 191 g/mol. The van der Waals surface area contributed by atoms with Crippen molar-refractivity contribution in [3.63, 3.8) is 0 Å². The Labute approximate surface area is 89.1 Å². The van der Waals surface area contributed by atoms with E-state index in [0.717, 1.165) is 26.1 Å². The Morgan fingerprint density at radius 1 is 1.40 bits per heavy atom. The molecule has 3 rings (SSSR count). The largest absolute Gasteiger partial charge is 0.367 e. The predicted molar refractivity (Wildman–Crippen MR) is 58.7 cm³/mol. The molecule has 0 amide bonds. The summed E-state index contributed by atoms with van der Waals surface area (Å²) in [5.74, 6) is -0.112. The van der Waals surface area contributed by atoms with Gasteiger partial charge in [0.25, 0.3) is 0 Å². The second-order valence-corrected chi connectivity index (χ2v) is 4.38. The highest BCUT2D eigenvalue weighted by Gasteiger charge is 2.29. The van der Waals surface area contributed by atoms with Crippen LogP contribution in [-0.2, 0) is 6.42 Å². The number of nitrogens with zero attached hydrogens (tertiary/aromatic N) is 1. The number of anilines is 1. The molecule has 0 spiro atoms. The lowest BCUT2D eigenvalue weighted by atomic mass is 10.1. The molecule has 1 fully saturated rings. The fraction of sp³-hybridized carbons (Fsp3) is 0.500. The van der Waals surface area contributed by atoms with Gasteiger partial charge in [0.15, 0.2) is 0 Å². The highest BCUT2D eigenvalue weighted by atomic mass is 19.1. The highest BCUT2D eigenvalue weighted by Crippen LogP contribution is 2.33. The van der Waals surface area contributed by atoms with Crippen molar-refractivity contribution in [3.05, 3.63) is 29.6 Å². The Bertz CT molecular complexity index is 378. The molecular formula is C12H15FN2. The third-order valence-electron chi connectivity index (χ3n) is 3.38. The van der Waals surface area contributed by atoms with Crippen molar-refractivity contribution in [1.82, 2.24) is 5.32 Å². The first kappa shape index (κ1) is 9.16. The van der Waals surface area contributed by atoms with Crippen LogP contribution in [0.1, 0.15) is 12.0 Å². The maximum absolute atomic E-state index is 13.1. The van der Waals surface area contributed by atoms with E-state index in [4.69, 9.17) is 0 Å². The average molecular weight is 206 g/mol.